The minimum atomic E-state index is -4.89. The van der Waals surface area contributed by atoms with Crippen molar-refractivity contribution in [1.29, 1.82) is 0 Å². The number of carbonyl (C=O) groups is 3. The third-order valence-electron chi connectivity index (χ3n) is 8.30. The summed E-state index contributed by atoms with van der Waals surface area (Å²) in [5.74, 6) is -7.58. The maximum absolute atomic E-state index is 15.2. The number of hydrogen-bond donors (Lipinski definition) is 2. The molecule has 5 rings (SSSR count). The summed E-state index contributed by atoms with van der Waals surface area (Å²) in [6, 6.07) is 5.46. The summed E-state index contributed by atoms with van der Waals surface area (Å²) in [6.07, 6.45) is -8.49. The van der Waals surface area contributed by atoms with Crippen molar-refractivity contribution in [3.8, 4) is 16.9 Å². The molecule has 2 aromatic carbocycles. The molecule has 2 aliphatic rings. The molecule has 3 aromatic rings. The molecule has 0 saturated carbocycles. The Labute approximate surface area is 277 Å². The number of aliphatic hydroxyl groups is 1. The van der Waals surface area contributed by atoms with Crippen LogP contribution in [0, 0.1) is 11.6 Å². The number of pyridine rings is 1. The lowest BCUT2D eigenvalue weighted by atomic mass is 9.90. The lowest BCUT2D eigenvalue weighted by Crippen LogP contribution is -2.60. The van der Waals surface area contributed by atoms with Gasteiger partial charge < -0.3 is 19.9 Å². The van der Waals surface area contributed by atoms with E-state index in [2.05, 4.69) is 15.0 Å². The average molecular weight is 715 g/mol. The number of hydrogen-bond acceptors (Lipinski definition) is 8. The van der Waals surface area contributed by atoms with Gasteiger partial charge in [0.2, 0.25) is 5.82 Å². The Kier molecular flexibility index (Phi) is 9.53. The van der Waals surface area contributed by atoms with E-state index in [1.54, 1.807) is 0 Å². The Balaban J connectivity index is 1.49. The highest BCUT2D eigenvalue weighted by atomic mass is 19.4. The van der Waals surface area contributed by atoms with Crippen molar-refractivity contribution in [2.45, 2.75) is 44.2 Å². The molecule has 3 heterocycles. The molecule has 266 valence electrons. The Morgan fingerprint density at radius 3 is 2.36 bits per heavy atom. The fraction of sp³-hybridized carbons (Fsp3) is 0.312. The Morgan fingerprint density at radius 1 is 1.02 bits per heavy atom. The van der Waals surface area contributed by atoms with Gasteiger partial charge in [0.05, 0.1) is 24.8 Å². The van der Waals surface area contributed by atoms with Crippen molar-refractivity contribution >= 4 is 23.5 Å². The van der Waals surface area contributed by atoms with E-state index in [-0.39, 0.29) is 29.8 Å². The molecule has 0 aliphatic carbocycles. The predicted molar refractivity (Wildman–Crippen MR) is 157 cm³/mol. The summed E-state index contributed by atoms with van der Waals surface area (Å²) in [4.78, 5) is 42.2. The number of carbonyl (C=O) groups excluding carboxylic acids is 3. The molecule has 2 amide bonds. The molecule has 0 spiro atoms. The van der Waals surface area contributed by atoms with Gasteiger partial charge in [-0.3, -0.25) is 19.6 Å². The minimum Gasteiger partial charge on any atom is -0.509 e. The fourth-order valence-corrected chi connectivity index (χ4v) is 5.68. The van der Waals surface area contributed by atoms with Crippen molar-refractivity contribution in [2.75, 3.05) is 25.6 Å². The monoisotopic (exact) mass is 714 g/mol. The van der Waals surface area contributed by atoms with Crippen molar-refractivity contribution in [1.82, 2.24) is 15.0 Å². The second-order valence-corrected chi connectivity index (χ2v) is 11.4. The number of alkyl halides is 6. The van der Waals surface area contributed by atoms with Crippen LogP contribution >= 0.6 is 0 Å². The van der Waals surface area contributed by atoms with Crippen LogP contribution in [0.1, 0.15) is 36.6 Å². The van der Waals surface area contributed by atoms with Crippen LogP contribution in [0.4, 0.5) is 40.8 Å². The van der Waals surface area contributed by atoms with Gasteiger partial charge in [-0.2, -0.15) is 30.7 Å². The van der Waals surface area contributed by atoms with Crippen LogP contribution in [0.2, 0.25) is 0 Å². The molecule has 0 radical (unpaired) electrons. The number of nitrogens with zero attached hydrogens (tertiary/aromatic N) is 3. The third kappa shape index (κ3) is 6.79. The first-order chi connectivity index (χ1) is 23.4. The number of amides is 2. The lowest BCUT2D eigenvalue weighted by molar-refractivity contribution is -0.160. The van der Waals surface area contributed by atoms with Gasteiger partial charge in [0, 0.05) is 35.1 Å². The first-order valence-electron chi connectivity index (χ1n) is 14.6. The number of nitrogens with one attached hydrogen (secondary N) is 1. The van der Waals surface area contributed by atoms with E-state index in [0.29, 0.717) is 30.8 Å². The average Bonchev–Trinajstić information content (AvgIpc) is 3.46. The van der Waals surface area contributed by atoms with Gasteiger partial charge >= 0.3 is 18.3 Å². The standard InChI is InChI=1S/C32H26F8N4O6/c1-30-10-3-11-44(30)43(14-17-4-8-21(26(34)25(17)33)50-15-23(45)49-2)29(48)24(27(30)46)28(47)42-20-7-6-18(31(35,36)37)12-19(20)16-5-9-22(41-13-16)32(38,39)40/h4-9,12-13,46H,3,10-11,14-15H2,1-2H3,(H,42,47)/t30-/m1/s1. The van der Waals surface area contributed by atoms with E-state index in [1.165, 1.54) is 11.9 Å². The SMILES string of the molecule is COC(=O)COc1ccc(CN2C(=O)C(C(=O)Nc3ccc(C(F)(F)F)cc3-c3ccc(C(F)(F)F)nc3)=C(O)[C@@]3(C)CCCN23)c(F)c1F. The van der Waals surface area contributed by atoms with Crippen molar-refractivity contribution in [2.24, 2.45) is 0 Å². The largest absolute Gasteiger partial charge is 0.509 e. The number of esters is 1. The molecule has 1 fully saturated rings. The first-order valence-corrected chi connectivity index (χ1v) is 14.6. The number of halogens is 8. The number of fused-ring (bicyclic) bond motifs is 1. The Bertz CT molecular complexity index is 1880. The number of aliphatic hydroxyl groups excluding tert-OH is 1. The quantitative estimate of drug-likeness (QED) is 0.161. The number of anilines is 1. The maximum atomic E-state index is 15.2. The Hall–Kier alpha value is -5.26. The van der Waals surface area contributed by atoms with Crippen LogP contribution in [0.5, 0.6) is 5.75 Å². The maximum Gasteiger partial charge on any atom is 0.433 e. The number of aromatic nitrogens is 1. The van der Waals surface area contributed by atoms with Crippen molar-refractivity contribution in [3.05, 3.63) is 88.4 Å². The molecule has 10 nitrogen and oxygen atoms in total. The van der Waals surface area contributed by atoms with Gasteiger partial charge in [0.15, 0.2) is 18.2 Å². The number of benzene rings is 2. The second kappa shape index (κ2) is 13.2. The summed E-state index contributed by atoms with van der Waals surface area (Å²) in [5, 5.41) is 15.8. The molecule has 2 N–H and O–H groups in total. The van der Waals surface area contributed by atoms with Crippen LogP contribution in [0.15, 0.2) is 60.0 Å². The number of methoxy groups -OCH3 is 1. The number of ether oxygens (including phenoxy) is 2. The second-order valence-electron chi connectivity index (χ2n) is 11.4. The van der Waals surface area contributed by atoms with Crippen molar-refractivity contribution < 1.29 is 64.1 Å². The van der Waals surface area contributed by atoms with Gasteiger partial charge in [0.1, 0.15) is 17.0 Å². The summed E-state index contributed by atoms with van der Waals surface area (Å²) >= 11 is 0. The number of hydrazine groups is 1. The van der Waals surface area contributed by atoms with Crippen LogP contribution in [-0.4, -0.2) is 63.7 Å². The van der Waals surface area contributed by atoms with Crippen LogP contribution < -0.4 is 10.1 Å². The van der Waals surface area contributed by atoms with E-state index < -0.39 is 94.4 Å². The highest BCUT2D eigenvalue weighted by Crippen LogP contribution is 2.43. The van der Waals surface area contributed by atoms with E-state index in [9.17, 15) is 50.2 Å². The van der Waals surface area contributed by atoms with Crippen LogP contribution in [0.3, 0.4) is 0 Å². The van der Waals surface area contributed by atoms with E-state index in [1.807, 2.05) is 0 Å². The predicted octanol–water partition coefficient (Wildman–Crippen LogP) is 6.18. The molecule has 18 heteroatoms. The Morgan fingerprint density at radius 2 is 1.74 bits per heavy atom. The van der Waals surface area contributed by atoms with Crippen LogP contribution in [0.25, 0.3) is 11.1 Å². The molecule has 1 saturated heterocycles. The molecule has 0 bridgehead atoms. The molecule has 50 heavy (non-hydrogen) atoms. The zero-order valence-electron chi connectivity index (χ0n) is 26.0. The minimum absolute atomic E-state index is 0.148. The fourth-order valence-electron chi connectivity index (χ4n) is 5.68. The van der Waals surface area contributed by atoms with Gasteiger partial charge in [-0.1, -0.05) is 12.1 Å². The molecule has 2 aliphatic heterocycles. The first kappa shape index (κ1) is 36.0. The summed E-state index contributed by atoms with van der Waals surface area (Å²) in [7, 11) is 1.06. The zero-order valence-corrected chi connectivity index (χ0v) is 26.0. The summed E-state index contributed by atoms with van der Waals surface area (Å²) < 4.78 is 120. The summed E-state index contributed by atoms with van der Waals surface area (Å²) in [6.45, 7) is 0.262. The van der Waals surface area contributed by atoms with Gasteiger partial charge in [-0.25, -0.2) is 14.2 Å². The molecular weight excluding hydrogens is 688 g/mol. The topological polar surface area (TPSA) is 121 Å². The van der Waals surface area contributed by atoms with E-state index >= 15 is 4.39 Å². The normalized spacial score (nSPS) is 18.3. The highest BCUT2D eigenvalue weighted by molar-refractivity contribution is 6.24. The van der Waals surface area contributed by atoms with E-state index in [0.717, 1.165) is 36.4 Å². The van der Waals surface area contributed by atoms with Gasteiger partial charge in [0.25, 0.3) is 11.8 Å². The van der Waals surface area contributed by atoms with Gasteiger partial charge in [-0.15, -0.1) is 0 Å². The zero-order chi connectivity index (χ0) is 36.8. The van der Waals surface area contributed by atoms with Crippen molar-refractivity contribution in [3.63, 3.8) is 0 Å². The third-order valence-corrected chi connectivity index (χ3v) is 8.30. The van der Waals surface area contributed by atoms with Crippen LogP contribution in [-0.2, 0) is 38.0 Å². The lowest BCUT2D eigenvalue weighted by Gasteiger charge is -2.46. The van der Waals surface area contributed by atoms with Gasteiger partial charge in [-0.05, 0) is 50.1 Å². The summed E-state index contributed by atoms with van der Waals surface area (Å²) in [5.41, 5.74) is -6.21. The molecule has 0 unspecified atom stereocenters. The highest BCUT2D eigenvalue weighted by Gasteiger charge is 2.53. The molecule has 1 atom stereocenters. The smallest absolute Gasteiger partial charge is 0.433 e. The molecular formula is C32H26F8N4O6. The van der Waals surface area contributed by atoms with E-state index in [4.69, 9.17) is 4.74 Å². The number of rotatable bonds is 8. The molecule has 1 aromatic heterocycles.